The van der Waals surface area contributed by atoms with Gasteiger partial charge in [-0.1, -0.05) is 56.2 Å². The van der Waals surface area contributed by atoms with Crippen LogP contribution in [-0.4, -0.2) is 22.4 Å². The summed E-state index contributed by atoms with van der Waals surface area (Å²) in [6, 6.07) is 0. The molecule has 0 aliphatic rings. The first-order valence-corrected chi connectivity index (χ1v) is 7.67. The summed E-state index contributed by atoms with van der Waals surface area (Å²) >= 11 is 0. The highest BCUT2D eigenvalue weighted by molar-refractivity contribution is 5.01. The van der Waals surface area contributed by atoms with Crippen LogP contribution < -0.4 is 0 Å². The fraction of sp³-hybridized carbons (Fsp3) is 0.667. The molecule has 2 nitrogen and oxygen atoms in total. The van der Waals surface area contributed by atoms with Crippen molar-refractivity contribution in [1.29, 1.82) is 0 Å². The van der Waals surface area contributed by atoms with Crippen molar-refractivity contribution in [3.8, 4) is 0 Å². The van der Waals surface area contributed by atoms with Gasteiger partial charge in [0, 0.05) is 0 Å². The minimum Gasteiger partial charge on any atom is -0.392 e. The third-order valence-corrected chi connectivity index (χ3v) is 2.94. The van der Waals surface area contributed by atoms with Crippen LogP contribution in [0.1, 0.15) is 66.7 Å². The Morgan fingerprint density at radius 2 is 1.65 bits per heavy atom. The van der Waals surface area contributed by atoms with Crippen molar-refractivity contribution >= 4 is 0 Å². The van der Waals surface area contributed by atoms with Crippen molar-refractivity contribution in [3.05, 3.63) is 36.0 Å². The fourth-order valence-corrected chi connectivity index (χ4v) is 1.33. The molecule has 118 valence electrons. The van der Waals surface area contributed by atoms with Crippen molar-refractivity contribution in [2.45, 2.75) is 72.3 Å². The van der Waals surface area contributed by atoms with Crippen molar-refractivity contribution in [2.24, 2.45) is 0 Å². The van der Waals surface area contributed by atoms with Gasteiger partial charge in [0.25, 0.3) is 0 Å². The third kappa shape index (κ3) is 19.5. The zero-order chi connectivity index (χ0) is 15.9. The Kier molecular flexibility index (Phi) is 15.6. The number of aliphatic hydroxyl groups excluding tert-OH is 1. The standard InChI is InChI=1S/C10H20O.C8H14O/c1-5-10(4,11)8-6-7-9(2)3;1-2-3-4-5-6-7-8-9/h7,11H,5-6,8H2,1-4H3;4-7,9H,2-3,8H2,1H3. The summed E-state index contributed by atoms with van der Waals surface area (Å²) in [5, 5.41) is 17.9. The lowest BCUT2D eigenvalue weighted by Gasteiger charge is -2.19. The molecule has 0 spiro atoms. The maximum Gasteiger partial charge on any atom is 0.0620 e. The summed E-state index contributed by atoms with van der Waals surface area (Å²) in [7, 11) is 0. The van der Waals surface area contributed by atoms with Crippen LogP contribution in [0, 0.1) is 0 Å². The second kappa shape index (κ2) is 14.5. The summed E-state index contributed by atoms with van der Waals surface area (Å²) in [6.07, 6.45) is 14.8. The lowest BCUT2D eigenvalue weighted by Crippen LogP contribution is -2.21. The molecule has 0 aromatic carbocycles. The normalized spacial score (nSPS) is 13.9. The predicted molar refractivity (Wildman–Crippen MR) is 89.9 cm³/mol. The SMILES string of the molecule is CCC(C)(O)CCC=C(C)C.CCCC=CC=CCO. The highest BCUT2D eigenvalue weighted by Gasteiger charge is 2.15. The number of allylic oxidation sites excluding steroid dienone is 5. The first kappa shape index (κ1) is 21.4. The van der Waals surface area contributed by atoms with E-state index in [2.05, 4.69) is 32.9 Å². The third-order valence-electron chi connectivity index (χ3n) is 2.94. The van der Waals surface area contributed by atoms with E-state index in [0.717, 1.165) is 25.7 Å². The van der Waals surface area contributed by atoms with E-state index in [1.165, 1.54) is 12.0 Å². The molecule has 20 heavy (non-hydrogen) atoms. The quantitative estimate of drug-likeness (QED) is 0.496. The Labute approximate surface area is 125 Å². The van der Waals surface area contributed by atoms with E-state index >= 15 is 0 Å². The van der Waals surface area contributed by atoms with Crippen LogP contribution >= 0.6 is 0 Å². The molecule has 0 fully saturated rings. The first-order valence-electron chi connectivity index (χ1n) is 7.67. The molecule has 0 aromatic rings. The summed E-state index contributed by atoms with van der Waals surface area (Å²) in [6.45, 7) is 10.4. The molecule has 0 bridgehead atoms. The van der Waals surface area contributed by atoms with E-state index in [9.17, 15) is 5.11 Å². The smallest absolute Gasteiger partial charge is 0.0620 e. The summed E-state index contributed by atoms with van der Waals surface area (Å²) in [5.74, 6) is 0. The van der Waals surface area contributed by atoms with Gasteiger partial charge in [-0.15, -0.1) is 0 Å². The second-order valence-corrected chi connectivity index (χ2v) is 5.50. The van der Waals surface area contributed by atoms with Gasteiger partial charge in [-0.3, -0.25) is 0 Å². The highest BCUT2D eigenvalue weighted by Crippen LogP contribution is 2.16. The number of hydrogen-bond donors (Lipinski definition) is 2. The lowest BCUT2D eigenvalue weighted by molar-refractivity contribution is 0.0480. The number of unbranched alkanes of at least 4 members (excludes halogenated alkanes) is 1. The van der Waals surface area contributed by atoms with Crippen LogP contribution in [0.5, 0.6) is 0 Å². The van der Waals surface area contributed by atoms with Gasteiger partial charge in [0.2, 0.25) is 0 Å². The second-order valence-electron chi connectivity index (χ2n) is 5.50. The van der Waals surface area contributed by atoms with Gasteiger partial charge in [-0.25, -0.2) is 0 Å². The molecule has 0 saturated carbocycles. The van der Waals surface area contributed by atoms with Crippen LogP contribution in [0.25, 0.3) is 0 Å². The molecule has 0 aromatic heterocycles. The molecule has 0 heterocycles. The molecule has 2 N–H and O–H groups in total. The van der Waals surface area contributed by atoms with E-state index in [-0.39, 0.29) is 6.61 Å². The molecule has 0 saturated heterocycles. The Morgan fingerprint density at radius 3 is 2.10 bits per heavy atom. The Balaban J connectivity index is 0. The molecular weight excluding hydrogens is 248 g/mol. The van der Waals surface area contributed by atoms with Crippen molar-refractivity contribution in [2.75, 3.05) is 6.61 Å². The van der Waals surface area contributed by atoms with Crippen LogP contribution in [0.2, 0.25) is 0 Å². The summed E-state index contributed by atoms with van der Waals surface area (Å²) in [5.41, 5.74) is 0.864. The Hall–Kier alpha value is -0.860. The van der Waals surface area contributed by atoms with E-state index < -0.39 is 5.60 Å². The average Bonchev–Trinajstić information content (AvgIpc) is 2.39. The van der Waals surface area contributed by atoms with Gasteiger partial charge in [-0.05, 0) is 46.5 Å². The number of hydrogen-bond acceptors (Lipinski definition) is 2. The van der Waals surface area contributed by atoms with Gasteiger partial charge in [0.1, 0.15) is 0 Å². The molecule has 0 aliphatic heterocycles. The molecule has 0 aliphatic carbocycles. The van der Waals surface area contributed by atoms with E-state index in [4.69, 9.17) is 5.11 Å². The van der Waals surface area contributed by atoms with Gasteiger partial charge in [-0.2, -0.15) is 0 Å². The number of rotatable bonds is 8. The maximum absolute atomic E-state index is 9.61. The van der Waals surface area contributed by atoms with Crippen molar-refractivity contribution < 1.29 is 10.2 Å². The van der Waals surface area contributed by atoms with Crippen molar-refractivity contribution in [1.82, 2.24) is 0 Å². The monoisotopic (exact) mass is 282 g/mol. The van der Waals surface area contributed by atoms with Gasteiger partial charge in [0.05, 0.1) is 12.2 Å². The average molecular weight is 282 g/mol. The minimum atomic E-state index is -0.466. The van der Waals surface area contributed by atoms with Crippen LogP contribution in [-0.2, 0) is 0 Å². The first-order chi connectivity index (χ1) is 9.39. The maximum atomic E-state index is 9.61. The molecular formula is C18H34O2. The largest absolute Gasteiger partial charge is 0.392 e. The van der Waals surface area contributed by atoms with Crippen LogP contribution in [0.4, 0.5) is 0 Å². The molecule has 0 amide bonds. The Morgan fingerprint density at radius 1 is 1.05 bits per heavy atom. The van der Waals surface area contributed by atoms with Gasteiger partial charge >= 0.3 is 0 Å². The topological polar surface area (TPSA) is 40.5 Å². The fourth-order valence-electron chi connectivity index (χ4n) is 1.33. The zero-order valence-corrected chi connectivity index (χ0v) is 14.0. The van der Waals surface area contributed by atoms with Crippen LogP contribution in [0.15, 0.2) is 36.0 Å². The molecule has 1 atom stereocenters. The minimum absolute atomic E-state index is 0.135. The lowest BCUT2D eigenvalue weighted by atomic mass is 9.97. The van der Waals surface area contributed by atoms with E-state index in [0.29, 0.717) is 0 Å². The van der Waals surface area contributed by atoms with Crippen LogP contribution in [0.3, 0.4) is 0 Å². The predicted octanol–water partition coefficient (Wildman–Crippen LogP) is 4.79. The molecule has 0 radical (unpaired) electrons. The Bertz CT molecular complexity index is 282. The zero-order valence-electron chi connectivity index (χ0n) is 14.0. The molecule has 1 unspecified atom stereocenters. The van der Waals surface area contributed by atoms with E-state index in [1.54, 1.807) is 6.08 Å². The summed E-state index contributed by atoms with van der Waals surface area (Å²) < 4.78 is 0. The molecule has 2 heteroatoms. The van der Waals surface area contributed by atoms with Gasteiger partial charge < -0.3 is 10.2 Å². The summed E-state index contributed by atoms with van der Waals surface area (Å²) in [4.78, 5) is 0. The molecule has 0 rings (SSSR count). The highest BCUT2D eigenvalue weighted by atomic mass is 16.3. The number of aliphatic hydroxyl groups is 2. The van der Waals surface area contributed by atoms with Crippen molar-refractivity contribution in [3.63, 3.8) is 0 Å². The van der Waals surface area contributed by atoms with Gasteiger partial charge in [0.15, 0.2) is 0 Å². The van der Waals surface area contributed by atoms with E-state index in [1.807, 2.05) is 26.0 Å².